The van der Waals surface area contributed by atoms with Gasteiger partial charge in [0.2, 0.25) is 0 Å². The highest BCUT2D eigenvalue weighted by Crippen LogP contribution is 2.20. The molecular weight excluding hydrogens is 314 g/mol. The predicted molar refractivity (Wildman–Crippen MR) is 105 cm³/mol. The first-order valence-electron chi connectivity index (χ1n) is 10.1. The van der Waals surface area contributed by atoms with Crippen LogP contribution in [0.1, 0.15) is 67.7 Å². The van der Waals surface area contributed by atoms with Crippen molar-refractivity contribution in [1.29, 1.82) is 0 Å². The van der Waals surface area contributed by atoms with Gasteiger partial charge in [-0.05, 0) is 71.9 Å². The van der Waals surface area contributed by atoms with Gasteiger partial charge in [-0.1, -0.05) is 20.8 Å². The molecule has 148 valence electrons. The molecule has 2 N–H and O–H groups in total. The standard InChI is InChI=1S/C20H41N3O2/c1-8-11-23-12-9-10-17(14-23)16(4)21-13-18(15(2)3)22-19(24)25-20(5,6)7/h15-18,21H,8-14H2,1-7H3,(H,22,24). The number of carbonyl (C=O) groups excluding carboxylic acids is 1. The number of nitrogens with one attached hydrogen (secondary N) is 2. The first kappa shape index (κ1) is 22.2. The highest BCUT2D eigenvalue weighted by molar-refractivity contribution is 5.68. The van der Waals surface area contributed by atoms with E-state index < -0.39 is 5.60 Å². The first-order chi connectivity index (χ1) is 11.6. The van der Waals surface area contributed by atoms with Crippen molar-refractivity contribution in [2.75, 3.05) is 26.2 Å². The van der Waals surface area contributed by atoms with E-state index in [-0.39, 0.29) is 12.1 Å². The van der Waals surface area contributed by atoms with Crippen molar-refractivity contribution in [2.24, 2.45) is 11.8 Å². The number of alkyl carbamates (subject to hydrolysis) is 1. The van der Waals surface area contributed by atoms with Crippen LogP contribution in [0.5, 0.6) is 0 Å². The molecule has 0 aromatic heterocycles. The Morgan fingerprint density at radius 3 is 2.52 bits per heavy atom. The van der Waals surface area contributed by atoms with Crippen LogP contribution in [0.15, 0.2) is 0 Å². The van der Waals surface area contributed by atoms with Crippen molar-refractivity contribution in [2.45, 2.75) is 85.4 Å². The largest absolute Gasteiger partial charge is 0.444 e. The van der Waals surface area contributed by atoms with Crippen molar-refractivity contribution in [3.8, 4) is 0 Å². The summed E-state index contributed by atoms with van der Waals surface area (Å²) in [5.74, 6) is 1.05. The SMILES string of the molecule is CCCN1CCCC(C(C)NCC(NC(=O)OC(C)(C)C)C(C)C)C1. The Morgan fingerprint density at radius 2 is 1.96 bits per heavy atom. The van der Waals surface area contributed by atoms with Crippen LogP contribution < -0.4 is 10.6 Å². The fourth-order valence-corrected chi connectivity index (χ4v) is 3.41. The minimum absolute atomic E-state index is 0.0765. The van der Waals surface area contributed by atoms with Gasteiger partial charge < -0.3 is 20.3 Å². The van der Waals surface area contributed by atoms with Crippen LogP contribution in [0.3, 0.4) is 0 Å². The molecule has 0 aromatic rings. The second kappa shape index (κ2) is 10.4. The fraction of sp³-hybridized carbons (Fsp3) is 0.950. The van der Waals surface area contributed by atoms with Gasteiger partial charge in [0.25, 0.3) is 0 Å². The summed E-state index contributed by atoms with van der Waals surface area (Å²) in [6.07, 6.45) is 3.48. The second-order valence-corrected chi connectivity index (χ2v) is 8.90. The average molecular weight is 356 g/mol. The molecule has 1 amide bonds. The van der Waals surface area contributed by atoms with Gasteiger partial charge in [0.05, 0.1) is 0 Å². The van der Waals surface area contributed by atoms with Crippen LogP contribution in [0.2, 0.25) is 0 Å². The number of likely N-dealkylation sites (tertiary alicyclic amines) is 1. The average Bonchev–Trinajstić information content (AvgIpc) is 2.49. The van der Waals surface area contributed by atoms with E-state index in [1.165, 1.54) is 38.9 Å². The van der Waals surface area contributed by atoms with E-state index in [9.17, 15) is 4.79 Å². The van der Waals surface area contributed by atoms with Crippen LogP contribution in [0.25, 0.3) is 0 Å². The van der Waals surface area contributed by atoms with E-state index in [1.807, 2.05) is 20.8 Å². The van der Waals surface area contributed by atoms with E-state index in [0.717, 1.165) is 6.54 Å². The molecule has 0 saturated carbocycles. The van der Waals surface area contributed by atoms with Crippen LogP contribution in [0, 0.1) is 11.8 Å². The van der Waals surface area contributed by atoms with Crippen molar-refractivity contribution in [3.63, 3.8) is 0 Å². The zero-order chi connectivity index (χ0) is 19.0. The van der Waals surface area contributed by atoms with Gasteiger partial charge in [-0.25, -0.2) is 4.79 Å². The number of amides is 1. The van der Waals surface area contributed by atoms with Gasteiger partial charge in [0.15, 0.2) is 0 Å². The molecule has 3 atom stereocenters. The maximum atomic E-state index is 12.1. The van der Waals surface area contributed by atoms with Crippen LogP contribution in [0.4, 0.5) is 4.79 Å². The highest BCUT2D eigenvalue weighted by Gasteiger charge is 2.26. The molecule has 0 bridgehead atoms. The highest BCUT2D eigenvalue weighted by atomic mass is 16.6. The summed E-state index contributed by atoms with van der Waals surface area (Å²) in [4.78, 5) is 14.7. The maximum absolute atomic E-state index is 12.1. The van der Waals surface area contributed by atoms with Crippen molar-refractivity contribution in [1.82, 2.24) is 15.5 Å². The maximum Gasteiger partial charge on any atom is 0.407 e. The molecule has 25 heavy (non-hydrogen) atoms. The molecule has 1 heterocycles. The van der Waals surface area contributed by atoms with Crippen molar-refractivity contribution in [3.05, 3.63) is 0 Å². The Balaban J connectivity index is 2.46. The lowest BCUT2D eigenvalue weighted by atomic mass is 9.91. The van der Waals surface area contributed by atoms with Crippen LogP contribution in [-0.2, 0) is 4.74 Å². The normalized spacial score (nSPS) is 21.8. The van der Waals surface area contributed by atoms with Crippen molar-refractivity contribution < 1.29 is 9.53 Å². The molecule has 1 aliphatic heterocycles. The lowest BCUT2D eigenvalue weighted by molar-refractivity contribution is 0.0487. The molecular formula is C20H41N3O2. The molecule has 3 unspecified atom stereocenters. The fourth-order valence-electron chi connectivity index (χ4n) is 3.41. The number of nitrogens with zero attached hydrogens (tertiary/aromatic N) is 1. The number of hydrogen-bond donors (Lipinski definition) is 2. The minimum Gasteiger partial charge on any atom is -0.444 e. The summed E-state index contributed by atoms with van der Waals surface area (Å²) in [7, 11) is 0. The molecule has 0 aromatic carbocycles. The number of carbonyl (C=O) groups is 1. The summed E-state index contributed by atoms with van der Waals surface area (Å²) in [5, 5.41) is 6.69. The molecule has 0 spiro atoms. The molecule has 1 aliphatic rings. The quantitative estimate of drug-likeness (QED) is 0.698. The molecule has 1 rings (SSSR count). The summed E-state index contributed by atoms with van der Waals surface area (Å²) >= 11 is 0. The summed E-state index contributed by atoms with van der Waals surface area (Å²) in [6, 6.07) is 0.536. The van der Waals surface area contributed by atoms with E-state index in [2.05, 4.69) is 43.2 Å². The van der Waals surface area contributed by atoms with Gasteiger partial charge in [-0.2, -0.15) is 0 Å². The Labute approximate surface area is 155 Å². The predicted octanol–water partition coefficient (Wildman–Crippen LogP) is 3.64. The van der Waals surface area contributed by atoms with E-state index in [1.54, 1.807) is 0 Å². The topological polar surface area (TPSA) is 53.6 Å². The lowest BCUT2D eigenvalue weighted by Gasteiger charge is -2.36. The molecule has 1 saturated heterocycles. The third kappa shape index (κ3) is 8.91. The second-order valence-electron chi connectivity index (χ2n) is 8.90. The Hall–Kier alpha value is -0.810. The molecule has 5 heteroatoms. The number of rotatable bonds is 8. The third-order valence-corrected chi connectivity index (χ3v) is 4.96. The number of hydrogen-bond acceptors (Lipinski definition) is 4. The molecule has 0 aliphatic carbocycles. The Bertz CT molecular complexity index is 391. The third-order valence-electron chi connectivity index (χ3n) is 4.96. The number of piperidine rings is 1. The Morgan fingerprint density at radius 1 is 1.28 bits per heavy atom. The van der Waals surface area contributed by atoms with Crippen LogP contribution >= 0.6 is 0 Å². The van der Waals surface area contributed by atoms with Gasteiger partial charge in [-0.3, -0.25) is 0 Å². The molecule has 5 nitrogen and oxygen atoms in total. The van der Waals surface area contributed by atoms with Gasteiger partial charge in [0.1, 0.15) is 5.60 Å². The zero-order valence-electron chi connectivity index (χ0n) is 17.5. The van der Waals surface area contributed by atoms with Crippen molar-refractivity contribution >= 4 is 6.09 Å². The van der Waals surface area contributed by atoms with E-state index in [0.29, 0.717) is 17.9 Å². The van der Waals surface area contributed by atoms with Crippen LogP contribution in [-0.4, -0.2) is 54.9 Å². The molecule has 0 radical (unpaired) electrons. The van der Waals surface area contributed by atoms with Gasteiger partial charge in [-0.15, -0.1) is 0 Å². The summed E-state index contributed by atoms with van der Waals surface area (Å²) in [5.41, 5.74) is -0.461. The van der Waals surface area contributed by atoms with E-state index in [4.69, 9.17) is 4.74 Å². The molecule has 1 fully saturated rings. The smallest absolute Gasteiger partial charge is 0.407 e. The monoisotopic (exact) mass is 355 g/mol. The minimum atomic E-state index is -0.461. The zero-order valence-corrected chi connectivity index (χ0v) is 17.5. The number of ether oxygens (including phenoxy) is 1. The summed E-state index contributed by atoms with van der Waals surface area (Å²) < 4.78 is 5.40. The van der Waals surface area contributed by atoms with E-state index >= 15 is 0 Å². The lowest BCUT2D eigenvalue weighted by Crippen LogP contribution is -2.51. The van der Waals surface area contributed by atoms with Gasteiger partial charge in [0, 0.05) is 25.2 Å². The summed E-state index contributed by atoms with van der Waals surface area (Å²) in [6.45, 7) is 18.9. The Kier molecular flexibility index (Phi) is 9.22. The van der Waals surface area contributed by atoms with Gasteiger partial charge >= 0.3 is 6.09 Å². The first-order valence-corrected chi connectivity index (χ1v) is 10.1.